The lowest BCUT2D eigenvalue weighted by atomic mass is 10.0. The van der Waals surface area contributed by atoms with E-state index < -0.39 is 0 Å². The van der Waals surface area contributed by atoms with Gasteiger partial charge in [-0.15, -0.1) is 0 Å². The van der Waals surface area contributed by atoms with Crippen LogP contribution in [0.4, 0.5) is 0 Å². The van der Waals surface area contributed by atoms with Gasteiger partial charge in [0, 0.05) is 13.3 Å². The average molecular weight is 394 g/mol. The van der Waals surface area contributed by atoms with Gasteiger partial charge in [-0.25, -0.2) is 4.99 Å². The Bertz CT molecular complexity index is 430. The third-order valence-electron chi connectivity index (χ3n) is 6.48. The van der Waals surface area contributed by atoms with E-state index in [0.717, 1.165) is 30.5 Å². The number of hydrogen-bond donors (Lipinski definition) is 1. The van der Waals surface area contributed by atoms with Crippen molar-refractivity contribution in [2.24, 2.45) is 4.99 Å². The molecule has 0 amide bonds. The average Bonchev–Trinajstić information content (AvgIpc) is 3.12. The molecule has 0 spiro atoms. The molecule has 0 bridgehead atoms. The topological polar surface area (TPSA) is 32.6 Å². The predicted molar refractivity (Wildman–Crippen MR) is 124 cm³/mol. The molecule has 0 saturated heterocycles. The number of aliphatic hydroxyl groups excluding tert-OH is 1. The summed E-state index contributed by atoms with van der Waals surface area (Å²) in [5, 5.41) is 10.2. The van der Waals surface area contributed by atoms with E-state index in [0.29, 0.717) is 0 Å². The first-order chi connectivity index (χ1) is 13.7. The maximum Gasteiger partial charge on any atom is 0.200 e. The predicted octanol–water partition coefficient (Wildman–Crippen LogP) is 7.00. The summed E-state index contributed by atoms with van der Waals surface area (Å²) in [4.78, 5) is 4.71. The summed E-state index contributed by atoms with van der Waals surface area (Å²) in [6.07, 6.45) is 24.4. The SMILES string of the molecule is CCC/C=C/CCCCCCCCCCCCCC1=NCC[N+]1(CC)C(C)O. The molecule has 0 aliphatic carbocycles. The summed E-state index contributed by atoms with van der Waals surface area (Å²) < 4.78 is 0.717. The molecule has 2 unspecified atom stereocenters. The van der Waals surface area contributed by atoms with Gasteiger partial charge in [-0.3, -0.25) is 4.48 Å². The van der Waals surface area contributed by atoms with E-state index in [1.807, 2.05) is 6.92 Å². The van der Waals surface area contributed by atoms with Crippen LogP contribution < -0.4 is 0 Å². The van der Waals surface area contributed by atoms with Gasteiger partial charge in [0.2, 0.25) is 5.84 Å². The fourth-order valence-corrected chi connectivity index (χ4v) is 4.48. The van der Waals surface area contributed by atoms with Crippen LogP contribution in [0.25, 0.3) is 0 Å². The molecule has 1 N–H and O–H groups in total. The second-order valence-corrected chi connectivity index (χ2v) is 8.69. The number of rotatable bonds is 18. The smallest absolute Gasteiger partial charge is 0.200 e. The molecule has 0 aromatic carbocycles. The summed E-state index contributed by atoms with van der Waals surface area (Å²) in [5.41, 5.74) is 0. The van der Waals surface area contributed by atoms with Gasteiger partial charge in [0.15, 0.2) is 6.23 Å². The molecule has 1 heterocycles. The molecule has 164 valence electrons. The minimum atomic E-state index is -0.316. The first kappa shape index (κ1) is 25.4. The molecule has 3 nitrogen and oxygen atoms in total. The van der Waals surface area contributed by atoms with Gasteiger partial charge >= 0.3 is 0 Å². The quantitative estimate of drug-likeness (QED) is 0.152. The van der Waals surface area contributed by atoms with Crippen LogP contribution in [0.1, 0.15) is 117 Å². The Kier molecular flexibility index (Phi) is 14.6. The standard InChI is InChI=1S/C25H49N2O/c1-4-6-7-8-9-10-11-12-13-14-15-16-17-18-19-20-21-25-26-22-23-27(25,5-2)24(3)28/h7-8,24,28H,4-6,9-23H2,1-3H3/q+1/b8-7+. The van der Waals surface area contributed by atoms with Crippen LogP contribution in [0.15, 0.2) is 17.1 Å². The molecule has 0 fully saturated rings. The Balaban J connectivity index is 1.90. The van der Waals surface area contributed by atoms with Crippen molar-refractivity contribution in [3.63, 3.8) is 0 Å². The monoisotopic (exact) mass is 393 g/mol. The Morgan fingerprint density at radius 2 is 1.39 bits per heavy atom. The van der Waals surface area contributed by atoms with Crippen molar-refractivity contribution in [1.82, 2.24) is 0 Å². The van der Waals surface area contributed by atoms with E-state index in [1.165, 1.54) is 95.7 Å². The lowest BCUT2D eigenvalue weighted by molar-refractivity contribution is -0.882. The highest BCUT2D eigenvalue weighted by atomic mass is 16.3. The van der Waals surface area contributed by atoms with Crippen LogP contribution in [-0.2, 0) is 0 Å². The lowest BCUT2D eigenvalue weighted by Gasteiger charge is -2.36. The lowest BCUT2D eigenvalue weighted by Crippen LogP contribution is -2.56. The van der Waals surface area contributed by atoms with Crippen LogP contribution in [0, 0.1) is 0 Å². The van der Waals surface area contributed by atoms with Gasteiger partial charge < -0.3 is 5.11 Å². The van der Waals surface area contributed by atoms with Crippen LogP contribution >= 0.6 is 0 Å². The second kappa shape index (κ2) is 16.2. The Morgan fingerprint density at radius 3 is 1.93 bits per heavy atom. The van der Waals surface area contributed by atoms with Crippen molar-refractivity contribution in [2.45, 2.75) is 123 Å². The van der Waals surface area contributed by atoms with E-state index in [4.69, 9.17) is 4.99 Å². The van der Waals surface area contributed by atoms with Gasteiger partial charge in [-0.05, 0) is 32.6 Å². The molecule has 2 atom stereocenters. The van der Waals surface area contributed by atoms with Crippen molar-refractivity contribution < 1.29 is 9.59 Å². The van der Waals surface area contributed by atoms with Crippen LogP contribution in [-0.4, -0.2) is 41.3 Å². The number of amidine groups is 1. The molecule has 3 heteroatoms. The number of likely N-dealkylation sites (N-methyl/N-ethyl adjacent to an activating group) is 1. The minimum absolute atomic E-state index is 0.316. The number of quaternary nitrogens is 1. The Hall–Kier alpha value is -0.670. The molecule has 0 aromatic rings. The fourth-order valence-electron chi connectivity index (χ4n) is 4.48. The third-order valence-corrected chi connectivity index (χ3v) is 6.48. The molecule has 0 aromatic heterocycles. The summed E-state index contributed by atoms with van der Waals surface area (Å²) in [6, 6.07) is 0. The summed E-state index contributed by atoms with van der Waals surface area (Å²) in [7, 11) is 0. The number of unbranched alkanes of at least 4 members (excludes halogenated alkanes) is 12. The number of allylic oxidation sites excluding steroid dienone is 2. The first-order valence-electron chi connectivity index (χ1n) is 12.4. The van der Waals surface area contributed by atoms with Crippen molar-refractivity contribution in [1.29, 1.82) is 0 Å². The summed E-state index contributed by atoms with van der Waals surface area (Å²) >= 11 is 0. The third kappa shape index (κ3) is 9.69. The molecule has 0 saturated carbocycles. The van der Waals surface area contributed by atoms with Gasteiger partial charge in [-0.1, -0.05) is 83.3 Å². The number of aliphatic imine (C=N–C) groups is 1. The second-order valence-electron chi connectivity index (χ2n) is 8.69. The zero-order valence-corrected chi connectivity index (χ0v) is 19.3. The zero-order valence-electron chi connectivity index (χ0n) is 19.3. The van der Waals surface area contributed by atoms with Crippen molar-refractivity contribution in [2.75, 3.05) is 19.6 Å². The van der Waals surface area contributed by atoms with Gasteiger partial charge in [0.1, 0.15) is 6.54 Å². The summed E-state index contributed by atoms with van der Waals surface area (Å²) in [5.74, 6) is 1.25. The van der Waals surface area contributed by atoms with Crippen molar-refractivity contribution >= 4 is 5.84 Å². The van der Waals surface area contributed by atoms with E-state index >= 15 is 0 Å². The van der Waals surface area contributed by atoms with Gasteiger partial charge in [0.05, 0.1) is 13.1 Å². The molecule has 1 aliphatic rings. The molecule has 1 aliphatic heterocycles. The largest absolute Gasteiger partial charge is 0.345 e. The molecular formula is C25H49N2O+. The highest BCUT2D eigenvalue weighted by Gasteiger charge is 2.40. The molecule has 0 radical (unpaired) electrons. The normalized spacial score (nSPS) is 20.8. The Labute approximate surface area is 175 Å². The number of nitrogens with zero attached hydrogens (tertiary/aromatic N) is 2. The first-order valence-corrected chi connectivity index (χ1v) is 12.4. The van der Waals surface area contributed by atoms with E-state index in [9.17, 15) is 5.11 Å². The van der Waals surface area contributed by atoms with Crippen molar-refractivity contribution in [3.05, 3.63) is 12.2 Å². The highest BCUT2D eigenvalue weighted by Crippen LogP contribution is 2.23. The minimum Gasteiger partial charge on any atom is -0.345 e. The van der Waals surface area contributed by atoms with E-state index in [1.54, 1.807) is 0 Å². The van der Waals surface area contributed by atoms with Crippen LogP contribution in [0.2, 0.25) is 0 Å². The highest BCUT2D eigenvalue weighted by molar-refractivity contribution is 5.76. The van der Waals surface area contributed by atoms with Crippen molar-refractivity contribution in [3.8, 4) is 0 Å². The molecule has 28 heavy (non-hydrogen) atoms. The molecule has 1 rings (SSSR count). The van der Waals surface area contributed by atoms with E-state index in [2.05, 4.69) is 26.0 Å². The van der Waals surface area contributed by atoms with E-state index in [-0.39, 0.29) is 6.23 Å². The fraction of sp³-hybridized carbons (Fsp3) is 0.880. The van der Waals surface area contributed by atoms with Crippen LogP contribution in [0.3, 0.4) is 0 Å². The summed E-state index contributed by atoms with van der Waals surface area (Å²) in [6.45, 7) is 9.19. The van der Waals surface area contributed by atoms with Gasteiger partial charge in [0.25, 0.3) is 0 Å². The zero-order chi connectivity index (χ0) is 20.5. The number of hydrogen-bond acceptors (Lipinski definition) is 2. The van der Waals surface area contributed by atoms with Gasteiger partial charge in [-0.2, -0.15) is 0 Å². The molecular weight excluding hydrogens is 344 g/mol. The number of aliphatic hydroxyl groups is 1. The Morgan fingerprint density at radius 1 is 0.857 bits per heavy atom. The van der Waals surface area contributed by atoms with Crippen LogP contribution in [0.5, 0.6) is 0 Å². The maximum absolute atomic E-state index is 10.2. The maximum atomic E-state index is 10.2.